The number of rotatable bonds is 5. The number of piperidine rings is 2. The molecule has 6 heterocycles. The Morgan fingerprint density at radius 2 is 1.65 bits per heavy atom. The fourth-order valence-corrected chi connectivity index (χ4v) is 9.48. The lowest BCUT2D eigenvalue weighted by Gasteiger charge is -2.50. The van der Waals surface area contributed by atoms with Gasteiger partial charge in [-0.25, -0.2) is 13.8 Å². The average Bonchev–Trinajstić information content (AvgIpc) is 3.51. The van der Waals surface area contributed by atoms with Crippen molar-refractivity contribution in [1.82, 2.24) is 24.3 Å². The second-order valence-electron chi connectivity index (χ2n) is 16.8. The summed E-state index contributed by atoms with van der Waals surface area (Å²) in [5.41, 5.74) is 17.1. The molecule has 4 aromatic rings. The SMILES string of the molecule is C=C1Nc2nc3ccc(CN4CCC5(CC4)CCN(C(=C)C4CN(c6cc(F)cc(F)c6)C4)CC5)cc3n2CCCCCCC(=NC)C(=CN)c2cc1cc(C)n2. The molecule has 3 fully saturated rings. The van der Waals surface area contributed by atoms with Crippen LogP contribution in [0.2, 0.25) is 0 Å². The molecule has 300 valence electrons. The van der Waals surface area contributed by atoms with Crippen LogP contribution >= 0.6 is 0 Å². The number of aromatic nitrogens is 3. The van der Waals surface area contributed by atoms with E-state index in [1.165, 1.54) is 49.1 Å². The molecule has 1 spiro atoms. The van der Waals surface area contributed by atoms with Crippen LogP contribution in [-0.4, -0.2) is 76.4 Å². The lowest BCUT2D eigenvalue weighted by atomic mass is 9.71. The molecule has 2 aromatic carbocycles. The molecule has 0 saturated carbocycles. The summed E-state index contributed by atoms with van der Waals surface area (Å²) >= 11 is 0. The summed E-state index contributed by atoms with van der Waals surface area (Å²) < 4.78 is 29.9. The maximum atomic E-state index is 13.8. The van der Waals surface area contributed by atoms with Crippen molar-refractivity contribution in [3.63, 3.8) is 0 Å². The molecule has 0 atom stereocenters. The molecule has 2 aromatic heterocycles. The number of aryl methyl sites for hydroxylation is 2. The number of allylic oxidation sites excluding steroid dienone is 1. The Hall–Kier alpha value is -5.03. The first-order valence-electron chi connectivity index (χ1n) is 20.8. The number of benzene rings is 2. The van der Waals surface area contributed by atoms with E-state index < -0.39 is 11.6 Å². The first-order chi connectivity index (χ1) is 27.6. The predicted octanol–water partition coefficient (Wildman–Crippen LogP) is 8.76. The number of aliphatic imine (C=N–C) groups is 1. The number of nitrogens with one attached hydrogen (secondary N) is 1. The summed E-state index contributed by atoms with van der Waals surface area (Å²) in [6.45, 7) is 18.5. The van der Waals surface area contributed by atoms with Gasteiger partial charge in [0.05, 0.1) is 16.7 Å². The second kappa shape index (κ2) is 16.4. The van der Waals surface area contributed by atoms with Gasteiger partial charge in [0.25, 0.3) is 0 Å². The molecule has 8 rings (SSSR count). The van der Waals surface area contributed by atoms with Crippen LogP contribution < -0.4 is 16.0 Å². The normalized spacial score (nSPS) is 21.3. The summed E-state index contributed by atoms with van der Waals surface area (Å²) in [5.74, 6) is 0.0859. The smallest absolute Gasteiger partial charge is 0.208 e. The highest BCUT2D eigenvalue weighted by molar-refractivity contribution is 6.23. The van der Waals surface area contributed by atoms with Crippen LogP contribution in [0, 0.1) is 29.9 Å². The van der Waals surface area contributed by atoms with Crippen molar-refractivity contribution in [3.8, 4) is 0 Å². The predicted molar refractivity (Wildman–Crippen MR) is 229 cm³/mol. The summed E-state index contributed by atoms with van der Waals surface area (Å²) in [7, 11) is 1.84. The summed E-state index contributed by atoms with van der Waals surface area (Å²) in [5, 5.41) is 3.58. The number of anilines is 2. The monoisotopic (exact) mass is 773 g/mol. The van der Waals surface area contributed by atoms with E-state index in [1.807, 2.05) is 31.0 Å². The third-order valence-electron chi connectivity index (χ3n) is 13.1. The van der Waals surface area contributed by atoms with Gasteiger partial charge in [-0.15, -0.1) is 0 Å². The van der Waals surface area contributed by atoms with Gasteiger partial charge in [-0.1, -0.05) is 32.1 Å². The molecule has 0 unspecified atom stereocenters. The number of hydrogen-bond donors (Lipinski definition) is 2. The van der Waals surface area contributed by atoms with E-state index in [2.05, 4.69) is 56.0 Å². The lowest BCUT2D eigenvalue weighted by molar-refractivity contribution is 0.0386. The molecule has 11 heteroatoms. The highest BCUT2D eigenvalue weighted by Crippen LogP contribution is 2.43. The third-order valence-corrected chi connectivity index (χ3v) is 13.1. The zero-order valence-corrected chi connectivity index (χ0v) is 33.7. The first-order valence-corrected chi connectivity index (χ1v) is 20.8. The molecule has 9 nitrogen and oxygen atoms in total. The number of nitrogens with two attached hydrogens (primary N) is 1. The van der Waals surface area contributed by atoms with Crippen molar-refractivity contribution in [2.24, 2.45) is 22.1 Å². The van der Waals surface area contributed by atoms with Crippen molar-refractivity contribution in [2.45, 2.75) is 77.8 Å². The molecule has 3 N–H and O–H groups in total. The third kappa shape index (κ3) is 8.35. The Morgan fingerprint density at radius 3 is 2.37 bits per heavy atom. The first kappa shape index (κ1) is 38.8. The number of fused-ring (bicyclic) bond motifs is 5. The minimum absolute atomic E-state index is 0.331. The van der Waals surface area contributed by atoms with Gasteiger partial charge in [-0.2, -0.15) is 0 Å². The van der Waals surface area contributed by atoms with Crippen molar-refractivity contribution in [1.29, 1.82) is 0 Å². The zero-order chi connectivity index (χ0) is 39.7. The van der Waals surface area contributed by atoms with Crippen LogP contribution in [0.5, 0.6) is 0 Å². The van der Waals surface area contributed by atoms with E-state index in [0.717, 1.165) is 141 Å². The Labute approximate surface area is 336 Å². The highest BCUT2D eigenvalue weighted by Gasteiger charge is 2.40. The summed E-state index contributed by atoms with van der Waals surface area (Å²) in [6.07, 6.45) is 11.6. The van der Waals surface area contributed by atoms with Crippen molar-refractivity contribution in [3.05, 3.63) is 108 Å². The lowest BCUT2D eigenvalue weighted by Crippen LogP contribution is -2.52. The number of pyridine rings is 1. The second-order valence-corrected chi connectivity index (χ2v) is 16.8. The molecule has 3 saturated heterocycles. The molecular weight excluding hydrogens is 717 g/mol. The van der Waals surface area contributed by atoms with E-state index in [1.54, 1.807) is 6.20 Å². The van der Waals surface area contributed by atoms with E-state index in [9.17, 15) is 8.78 Å². The topological polar surface area (TPSA) is 90.8 Å². The molecule has 4 aliphatic rings. The van der Waals surface area contributed by atoms with Crippen LogP contribution in [0.4, 0.5) is 20.4 Å². The van der Waals surface area contributed by atoms with Crippen molar-refractivity contribution >= 4 is 39.7 Å². The van der Waals surface area contributed by atoms with Gasteiger partial charge < -0.3 is 25.4 Å². The fraction of sp³-hybridized carbons (Fsp3) is 0.457. The van der Waals surface area contributed by atoms with Crippen LogP contribution in [0.25, 0.3) is 22.3 Å². The van der Waals surface area contributed by atoms with Gasteiger partial charge in [0.2, 0.25) is 5.95 Å². The number of nitrogens with zero attached hydrogens (tertiary/aromatic N) is 7. The zero-order valence-electron chi connectivity index (χ0n) is 33.7. The average molecular weight is 774 g/mol. The summed E-state index contributed by atoms with van der Waals surface area (Å²) in [4.78, 5) is 21.7. The molecule has 0 aliphatic carbocycles. The maximum absolute atomic E-state index is 13.8. The van der Waals surface area contributed by atoms with E-state index in [0.29, 0.717) is 17.0 Å². The Balaban J connectivity index is 0.895. The minimum Gasteiger partial charge on any atom is -0.404 e. The Kier molecular flexibility index (Phi) is 11.2. The molecule has 0 radical (unpaired) electrons. The van der Waals surface area contributed by atoms with E-state index in [4.69, 9.17) is 15.7 Å². The largest absolute Gasteiger partial charge is 0.404 e. The van der Waals surface area contributed by atoms with Gasteiger partial charge in [0.15, 0.2) is 0 Å². The Bertz CT molecular complexity index is 2180. The number of halogens is 2. The fourth-order valence-electron chi connectivity index (χ4n) is 9.48. The van der Waals surface area contributed by atoms with Crippen molar-refractivity contribution < 1.29 is 8.78 Å². The molecular formula is C46H57F2N9. The van der Waals surface area contributed by atoms with Crippen LogP contribution in [0.1, 0.15) is 80.3 Å². The quantitative estimate of drug-likeness (QED) is 0.210. The van der Waals surface area contributed by atoms with Crippen LogP contribution in [0.3, 0.4) is 0 Å². The van der Waals surface area contributed by atoms with Gasteiger partial charge in [-0.3, -0.25) is 14.9 Å². The maximum Gasteiger partial charge on any atom is 0.208 e. The van der Waals surface area contributed by atoms with Crippen LogP contribution in [0.15, 0.2) is 78.6 Å². The van der Waals surface area contributed by atoms with E-state index in [-0.39, 0.29) is 0 Å². The number of imidazole rings is 1. The molecule has 4 aliphatic heterocycles. The van der Waals surface area contributed by atoms with Crippen LogP contribution in [-0.2, 0) is 13.1 Å². The number of likely N-dealkylation sites (tertiary alicyclic amines) is 2. The minimum atomic E-state index is -0.529. The van der Waals surface area contributed by atoms with Gasteiger partial charge in [0, 0.05) is 104 Å². The molecule has 0 amide bonds. The van der Waals surface area contributed by atoms with Gasteiger partial charge >= 0.3 is 0 Å². The molecule has 2 bridgehead atoms. The van der Waals surface area contributed by atoms with E-state index >= 15 is 0 Å². The molecule has 57 heavy (non-hydrogen) atoms. The highest BCUT2D eigenvalue weighted by atomic mass is 19.1. The number of hydrogen-bond acceptors (Lipinski definition) is 8. The van der Waals surface area contributed by atoms with Gasteiger partial charge in [0.1, 0.15) is 11.6 Å². The summed E-state index contributed by atoms with van der Waals surface area (Å²) in [6, 6.07) is 14.6. The Morgan fingerprint density at radius 1 is 0.930 bits per heavy atom. The van der Waals surface area contributed by atoms with Gasteiger partial charge in [-0.05, 0) is 112 Å². The standard InChI is InChI=1S/C46H57F2N9/c1-31-21-35-23-43(51-31)40(27-49)41(50-4)9-7-5-6-8-16-57-44-22-34(10-11-42(44)53-45(57)52-32(35)2)28-54-17-12-46(13-18-54)14-19-55(20-15-46)33(3)36-29-56(30-36)39-25-37(47)24-38(48)26-39/h10-11,21-27,36H,2-3,5-9,12-20,28-30,49H2,1,4H3,(H,52,53). The van der Waals surface area contributed by atoms with Crippen molar-refractivity contribution in [2.75, 3.05) is 56.5 Å².